The second-order valence-corrected chi connectivity index (χ2v) is 3.82. The highest BCUT2D eigenvalue weighted by molar-refractivity contribution is 5.77. The number of carbonyl (C=O) groups excluding carboxylic acids is 1. The highest BCUT2D eigenvalue weighted by Crippen LogP contribution is 1.94. The summed E-state index contributed by atoms with van der Waals surface area (Å²) in [5, 5.41) is 0. The van der Waals surface area contributed by atoms with Gasteiger partial charge in [0.25, 0.3) is 0 Å². The molecular formula is C11H25N3O2. The van der Waals surface area contributed by atoms with E-state index >= 15 is 0 Å². The van der Waals surface area contributed by atoms with E-state index in [0.717, 1.165) is 26.1 Å². The zero-order chi connectivity index (χ0) is 12.4. The van der Waals surface area contributed by atoms with Crippen LogP contribution in [0.25, 0.3) is 0 Å². The number of hydrogen-bond donors (Lipinski definition) is 1. The van der Waals surface area contributed by atoms with Crippen molar-refractivity contribution >= 4 is 5.91 Å². The average molecular weight is 231 g/mol. The van der Waals surface area contributed by atoms with Crippen molar-refractivity contribution in [2.24, 2.45) is 5.73 Å². The lowest BCUT2D eigenvalue weighted by atomic mass is 10.3. The Morgan fingerprint density at radius 1 is 1.38 bits per heavy atom. The van der Waals surface area contributed by atoms with Gasteiger partial charge in [-0.25, -0.2) is 0 Å². The van der Waals surface area contributed by atoms with Gasteiger partial charge in [-0.2, -0.15) is 0 Å². The molecular weight excluding hydrogens is 206 g/mol. The van der Waals surface area contributed by atoms with Crippen molar-refractivity contribution in [3.63, 3.8) is 0 Å². The van der Waals surface area contributed by atoms with Crippen LogP contribution >= 0.6 is 0 Å². The molecule has 0 saturated heterocycles. The lowest BCUT2D eigenvalue weighted by molar-refractivity contribution is -0.131. The molecule has 0 atom stereocenters. The lowest BCUT2D eigenvalue weighted by Gasteiger charge is -2.24. The highest BCUT2D eigenvalue weighted by Gasteiger charge is 2.12. The Morgan fingerprint density at radius 3 is 2.56 bits per heavy atom. The minimum atomic E-state index is 0.149. The van der Waals surface area contributed by atoms with Crippen molar-refractivity contribution in [3.05, 3.63) is 0 Å². The maximum absolute atomic E-state index is 11.7. The summed E-state index contributed by atoms with van der Waals surface area (Å²) in [6, 6.07) is 0. The van der Waals surface area contributed by atoms with Gasteiger partial charge in [0, 0.05) is 27.2 Å². The van der Waals surface area contributed by atoms with Gasteiger partial charge >= 0.3 is 0 Å². The van der Waals surface area contributed by atoms with Crippen molar-refractivity contribution in [3.8, 4) is 0 Å². The number of hydrogen-bond acceptors (Lipinski definition) is 4. The summed E-state index contributed by atoms with van der Waals surface area (Å²) in [5.74, 6) is 0.149. The molecule has 5 nitrogen and oxygen atoms in total. The van der Waals surface area contributed by atoms with Crippen LogP contribution in [0, 0.1) is 0 Å². The largest absolute Gasteiger partial charge is 0.383 e. The Morgan fingerprint density at radius 2 is 2.06 bits per heavy atom. The summed E-state index contributed by atoms with van der Waals surface area (Å²) in [6.07, 6.45) is 0.910. The molecule has 0 aliphatic rings. The molecule has 2 N–H and O–H groups in total. The Bertz CT molecular complexity index is 180. The van der Waals surface area contributed by atoms with Crippen molar-refractivity contribution in [1.29, 1.82) is 0 Å². The van der Waals surface area contributed by atoms with Gasteiger partial charge in [0.2, 0.25) is 5.91 Å². The van der Waals surface area contributed by atoms with Crippen molar-refractivity contribution in [1.82, 2.24) is 9.80 Å². The molecule has 16 heavy (non-hydrogen) atoms. The molecule has 0 aliphatic carbocycles. The van der Waals surface area contributed by atoms with Crippen LogP contribution in [-0.4, -0.2) is 69.2 Å². The standard InChI is InChI=1S/C11H25N3O2/c1-4-13(2)11(15)10-14(7-5-6-12)8-9-16-3/h4-10,12H2,1-3H3. The van der Waals surface area contributed by atoms with E-state index in [9.17, 15) is 4.79 Å². The van der Waals surface area contributed by atoms with Crippen LogP contribution in [0.2, 0.25) is 0 Å². The van der Waals surface area contributed by atoms with E-state index in [1.165, 1.54) is 0 Å². The fourth-order valence-electron chi connectivity index (χ4n) is 1.29. The smallest absolute Gasteiger partial charge is 0.236 e. The number of amides is 1. The van der Waals surface area contributed by atoms with E-state index in [0.29, 0.717) is 19.7 Å². The van der Waals surface area contributed by atoms with Crippen molar-refractivity contribution < 1.29 is 9.53 Å². The minimum absolute atomic E-state index is 0.149. The summed E-state index contributed by atoms with van der Waals surface area (Å²) in [5.41, 5.74) is 5.47. The summed E-state index contributed by atoms with van der Waals surface area (Å²) >= 11 is 0. The first kappa shape index (κ1) is 15.3. The Kier molecular flexibility index (Phi) is 9.18. The quantitative estimate of drug-likeness (QED) is 0.595. The first-order chi connectivity index (χ1) is 7.65. The summed E-state index contributed by atoms with van der Waals surface area (Å²) < 4.78 is 5.02. The topological polar surface area (TPSA) is 58.8 Å². The number of nitrogens with two attached hydrogens (primary N) is 1. The van der Waals surface area contributed by atoms with E-state index in [1.807, 2.05) is 14.0 Å². The van der Waals surface area contributed by atoms with Crippen LogP contribution in [0.4, 0.5) is 0 Å². The SMILES string of the molecule is CCN(C)C(=O)CN(CCCN)CCOC. The molecule has 0 unspecified atom stereocenters. The van der Waals surface area contributed by atoms with Crippen LogP contribution in [-0.2, 0) is 9.53 Å². The van der Waals surface area contributed by atoms with E-state index in [4.69, 9.17) is 10.5 Å². The van der Waals surface area contributed by atoms with Gasteiger partial charge in [0.15, 0.2) is 0 Å². The van der Waals surface area contributed by atoms with Gasteiger partial charge in [0.05, 0.1) is 13.2 Å². The molecule has 0 aliphatic heterocycles. The normalized spacial score (nSPS) is 10.8. The van der Waals surface area contributed by atoms with Crippen LogP contribution in [0.3, 0.4) is 0 Å². The first-order valence-electron chi connectivity index (χ1n) is 5.81. The Hall–Kier alpha value is -0.650. The molecule has 0 heterocycles. The van der Waals surface area contributed by atoms with E-state index < -0.39 is 0 Å². The van der Waals surface area contributed by atoms with Crippen molar-refractivity contribution in [2.45, 2.75) is 13.3 Å². The second kappa shape index (κ2) is 9.57. The van der Waals surface area contributed by atoms with Gasteiger partial charge in [0.1, 0.15) is 0 Å². The molecule has 0 aromatic rings. The first-order valence-corrected chi connectivity index (χ1v) is 5.81. The van der Waals surface area contributed by atoms with Crippen LogP contribution in [0.5, 0.6) is 0 Å². The van der Waals surface area contributed by atoms with Gasteiger partial charge in [-0.3, -0.25) is 9.69 Å². The third kappa shape index (κ3) is 6.76. The predicted octanol–water partition coefficient (Wildman–Crippen LogP) is -0.238. The fraction of sp³-hybridized carbons (Fsp3) is 0.909. The van der Waals surface area contributed by atoms with Gasteiger partial charge < -0.3 is 15.4 Å². The maximum atomic E-state index is 11.7. The highest BCUT2D eigenvalue weighted by atomic mass is 16.5. The molecule has 0 rings (SSSR count). The van der Waals surface area contributed by atoms with Crippen LogP contribution in [0.1, 0.15) is 13.3 Å². The monoisotopic (exact) mass is 231 g/mol. The molecule has 0 spiro atoms. The average Bonchev–Trinajstić information content (AvgIpc) is 2.31. The summed E-state index contributed by atoms with van der Waals surface area (Å²) in [7, 11) is 3.49. The van der Waals surface area contributed by atoms with Gasteiger partial charge in [-0.05, 0) is 26.4 Å². The van der Waals surface area contributed by atoms with E-state index in [-0.39, 0.29) is 5.91 Å². The number of rotatable bonds is 9. The molecule has 1 amide bonds. The van der Waals surface area contributed by atoms with Gasteiger partial charge in [-0.15, -0.1) is 0 Å². The number of nitrogens with zero attached hydrogens (tertiary/aromatic N) is 2. The molecule has 0 radical (unpaired) electrons. The molecule has 5 heteroatoms. The van der Waals surface area contributed by atoms with E-state index in [1.54, 1.807) is 12.0 Å². The third-order valence-corrected chi connectivity index (χ3v) is 2.55. The van der Waals surface area contributed by atoms with Crippen LogP contribution < -0.4 is 5.73 Å². The Labute approximate surface area is 98.5 Å². The van der Waals surface area contributed by atoms with E-state index in [2.05, 4.69) is 4.90 Å². The summed E-state index contributed by atoms with van der Waals surface area (Å²) in [6.45, 7) is 6.09. The molecule has 0 saturated carbocycles. The number of carbonyl (C=O) groups is 1. The zero-order valence-corrected chi connectivity index (χ0v) is 10.7. The number of methoxy groups -OCH3 is 1. The number of likely N-dealkylation sites (N-methyl/N-ethyl adjacent to an activating group) is 1. The molecule has 0 fully saturated rings. The Balaban J connectivity index is 4.02. The molecule has 0 aromatic carbocycles. The minimum Gasteiger partial charge on any atom is -0.383 e. The fourth-order valence-corrected chi connectivity index (χ4v) is 1.29. The number of ether oxygens (including phenoxy) is 1. The molecule has 0 bridgehead atoms. The third-order valence-electron chi connectivity index (χ3n) is 2.55. The summed E-state index contributed by atoms with van der Waals surface area (Å²) in [4.78, 5) is 15.5. The van der Waals surface area contributed by atoms with Gasteiger partial charge in [-0.1, -0.05) is 0 Å². The lowest BCUT2D eigenvalue weighted by Crippen LogP contribution is -2.40. The maximum Gasteiger partial charge on any atom is 0.236 e. The van der Waals surface area contributed by atoms with Crippen molar-refractivity contribution in [2.75, 3.05) is 53.5 Å². The van der Waals surface area contributed by atoms with Crippen LogP contribution in [0.15, 0.2) is 0 Å². The zero-order valence-electron chi connectivity index (χ0n) is 10.7. The molecule has 0 aromatic heterocycles. The predicted molar refractivity (Wildman–Crippen MR) is 65.3 cm³/mol. The second-order valence-electron chi connectivity index (χ2n) is 3.82. The molecule has 96 valence electrons.